The molecule has 0 aliphatic heterocycles. The molecular weight excluding hydrogens is 381 g/mol. The number of aromatic nitrogens is 2. The molecule has 146 valence electrons. The van der Waals surface area contributed by atoms with E-state index in [0.29, 0.717) is 34.9 Å². The second-order valence-corrected chi connectivity index (χ2v) is 7.43. The molecule has 0 aliphatic carbocycles. The number of thioether (sulfide) groups is 1. The average Bonchev–Trinajstić information content (AvgIpc) is 2.68. The zero-order valence-electron chi connectivity index (χ0n) is 15.5. The van der Waals surface area contributed by atoms with Crippen LogP contribution in [0.1, 0.15) is 6.92 Å². The van der Waals surface area contributed by atoms with Gasteiger partial charge in [-0.2, -0.15) is 0 Å². The summed E-state index contributed by atoms with van der Waals surface area (Å²) in [6.07, 6.45) is 0. The predicted octanol–water partition coefficient (Wildman–Crippen LogP) is 3.30. The molecule has 28 heavy (non-hydrogen) atoms. The Labute approximate surface area is 165 Å². The van der Waals surface area contributed by atoms with Crippen molar-refractivity contribution < 1.29 is 13.9 Å². The number of fused-ring (bicyclic) bond motifs is 1. The molecule has 3 rings (SSSR count). The Hall–Kier alpha value is -2.71. The molecule has 0 unspecified atom stereocenters. The zero-order chi connectivity index (χ0) is 20.1. The maximum absolute atomic E-state index is 13.3. The van der Waals surface area contributed by atoms with Crippen LogP contribution in [-0.2, 0) is 16.1 Å². The molecule has 2 aromatic carbocycles. The molecule has 0 saturated carbocycles. The zero-order valence-corrected chi connectivity index (χ0v) is 16.3. The van der Waals surface area contributed by atoms with Gasteiger partial charge in [-0.1, -0.05) is 30.0 Å². The first-order chi connectivity index (χ1) is 13.5. The van der Waals surface area contributed by atoms with Crippen LogP contribution in [0, 0.1) is 5.82 Å². The number of halogens is 1. The van der Waals surface area contributed by atoms with Crippen LogP contribution >= 0.6 is 11.8 Å². The van der Waals surface area contributed by atoms with E-state index in [4.69, 9.17) is 4.74 Å². The summed E-state index contributed by atoms with van der Waals surface area (Å²) in [6.45, 7) is 2.38. The highest BCUT2D eigenvalue weighted by molar-refractivity contribution is 8.00. The second-order valence-electron chi connectivity index (χ2n) is 6.12. The number of carbonyl (C=O) groups is 1. The first kappa shape index (κ1) is 20.0. The van der Waals surface area contributed by atoms with Gasteiger partial charge in [-0.25, -0.2) is 9.37 Å². The van der Waals surface area contributed by atoms with E-state index in [0.717, 1.165) is 0 Å². The van der Waals surface area contributed by atoms with Crippen LogP contribution in [0.4, 0.5) is 10.1 Å². The number of hydrogen-bond donors (Lipinski definition) is 1. The Bertz CT molecular complexity index is 1050. The minimum Gasteiger partial charge on any atom is -0.383 e. The smallest absolute Gasteiger partial charge is 0.262 e. The molecule has 1 heterocycles. The summed E-state index contributed by atoms with van der Waals surface area (Å²) in [5.41, 5.74) is 0.769. The Morgan fingerprint density at radius 1 is 1.29 bits per heavy atom. The number of anilines is 1. The fraction of sp³-hybridized carbons (Fsp3) is 0.250. The van der Waals surface area contributed by atoms with Gasteiger partial charge in [0.25, 0.3) is 5.56 Å². The summed E-state index contributed by atoms with van der Waals surface area (Å²) < 4.78 is 19.9. The fourth-order valence-electron chi connectivity index (χ4n) is 2.64. The summed E-state index contributed by atoms with van der Waals surface area (Å²) in [5, 5.41) is 3.07. The van der Waals surface area contributed by atoms with Crippen LogP contribution in [0.3, 0.4) is 0 Å². The number of rotatable bonds is 7. The van der Waals surface area contributed by atoms with Gasteiger partial charge in [0, 0.05) is 12.8 Å². The molecule has 0 spiro atoms. The van der Waals surface area contributed by atoms with Crippen molar-refractivity contribution in [3.63, 3.8) is 0 Å². The lowest BCUT2D eigenvalue weighted by atomic mass is 10.2. The van der Waals surface area contributed by atoms with Crippen molar-refractivity contribution in [2.45, 2.75) is 23.9 Å². The molecule has 3 aromatic rings. The van der Waals surface area contributed by atoms with Crippen molar-refractivity contribution in [3.8, 4) is 0 Å². The molecule has 8 heteroatoms. The van der Waals surface area contributed by atoms with Crippen LogP contribution in [0.5, 0.6) is 0 Å². The summed E-state index contributed by atoms with van der Waals surface area (Å²) in [7, 11) is 1.56. The molecule has 0 radical (unpaired) electrons. The third-order valence-electron chi connectivity index (χ3n) is 4.09. The van der Waals surface area contributed by atoms with Gasteiger partial charge in [-0.15, -0.1) is 0 Å². The van der Waals surface area contributed by atoms with E-state index < -0.39 is 11.1 Å². The van der Waals surface area contributed by atoms with Crippen molar-refractivity contribution in [3.05, 3.63) is 64.7 Å². The lowest BCUT2D eigenvalue weighted by Gasteiger charge is -2.16. The third kappa shape index (κ3) is 4.58. The van der Waals surface area contributed by atoms with E-state index in [-0.39, 0.29) is 11.5 Å². The number of amides is 1. The number of carbonyl (C=O) groups excluding carboxylic acids is 1. The summed E-state index contributed by atoms with van der Waals surface area (Å²) in [6, 6.07) is 12.8. The first-order valence-electron chi connectivity index (χ1n) is 8.71. The van der Waals surface area contributed by atoms with Crippen LogP contribution in [0.2, 0.25) is 0 Å². The standard InChI is InChI=1S/C20H20FN3O3S/c1-13(18(25)22-15-7-5-6-14(21)12-15)28-20-23-17-9-4-3-8-16(17)19(26)24(20)10-11-27-2/h3-9,12-13H,10-11H2,1-2H3,(H,22,25)/t13-/m1/s1. The highest BCUT2D eigenvalue weighted by Crippen LogP contribution is 2.23. The molecule has 6 nitrogen and oxygen atoms in total. The minimum atomic E-state index is -0.551. The Morgan fingerprint density at radius 3 is 2.82 bits per heavy atom. The van der Waals surface area contributed by atoms with Crippen molar-refractivity contribution in [2.75, 3.05) is 19.0 Å². The third-order valence-corrected chi connectivity index (χ3v) is 5.18. The van der Waals surface area contributed by atoms with Gasteiger partial charge < -0.3 is 10.1 Å². The number of ether oxygens (including phenoxy) is 1. The normalized spacial score (nSPS) is 12.1. The SMILES string of the molecule is COCCn1c(S[C@H](C)C(=O)Nc2cccc(F)c2)nc2ccccc2c1=O. The van der Waals surface area contributed by atoms with E-state index in [2.05, 4.69) is 10.3 Å². The van der Waals surface area contributed by atoms with Crippen molar-refractivity contribution in [1.29, 1.82) is 0 Å². The molecule has 1 amide bonds. The highest BCUT2D eigenvalue weighted by Gasteiger charge is 2.19. The largest absolute Gasteiger partial charge is 0.383 e. The van der Waals surface area contributed by atoms with Crippen molar-refractivity contribution in [1.82, 2.24) is 9.55 Å². The van der Waals surface area contributed by atoms with Crippen LogP contribution in [-0.4, -0.2) is 34.4 Å². The summed E-state index contributed by atoms with van der Waals surface area (Å²) in [5.74, 6) is -0.737. The minimum absolute atomic E-state index is 0.178. The Morgan fingerprint density at radius 2 is 2.07 bits per heavy atom. The summed E-state index contributed by atoms with van der Waals surface area (Å²) in [4.78, 5) is 29.9. The molecule has 1 N–H and O–H groups in total. The van der Waals surface area contributed by atoms with E-state index >= 15 is 0 Å². The lowest BCUT2D eigenvalue weighted by Crippen LogP contribution is -2.28. The van der Waals surface area contributed by atoms with Crippen LogP contribution in [0.25, 0.3) is 10.9 Å². The van der Waals surface area contributed by atoms with Crippen molar-refractivity contribution in [2.24, 2.45) is 0 Å². The van der Waals surface area contributed by atoms with Gasteiger partial charge in [-0.05, 0) is 37.3 Å². The van der Waals surface area contributed by atoms with Crippen LogP contribution in [0.15, 0.2) is 58.5 Å². The average molecular weight is 401 g/mol. The van der Waals surface area contributed by atoms with E-state index in [1.807, 2.05) is 6.07 Å². The van der Waals surface area contributed by atoms with E-state index in [1.54, 1.807) is 38.3 Å². The van der Waals surface area contributed by atoms with Crippen LogP contribution < -0.4 is 10.9 Å². The Balaban J connectivity index is 1.87. The van der Waals surface area contributed by atoms with Gasteiger partial charge >= 0.3 is 0 Å². The lowest BCUT2D eigenvalue weighted by molar-refractivity contribution is -0.115. The molecule has 1 atom stereocenters. The first-order valence-corrected chi connectivity index (χ1v) is 9.59. The van der Waals surface area contributed by atoms with Gasteiger partial charge in [-0.3, -0.25) is 14.2 Å². The van der Waals surface area contributed by atoms with E-state index in [1.165, 1.54) is 34.5 Å². The fourth-order valence-corrected chi connectivity index (χ4v) is 3.57. The topological polar surface area (TPSA) is 73.2 Å². The molecule has 1 aromatic heterocycles. The molecule has 0 aliphatic rings. The van der Waals surface area contributed by atoms with Gasteiger partial charge in [0.2, 0.25) is 5.91 Å². The quantitative estimate of drug-likeness (QED) is 0.486. The van der Waals surface area contributed by atoms with Gasteiger partial charge in [0.15, 0.2) is 5.16 Å². The second kappa shape index (κ2) is 8.99. The molecule has 0 bridgehead atoms. The van der Waals surface area contributed by atoms with Gasteiger partial charge in [0.1, 0.15) is 5.82 Å². The number of nitrogens with one attached hydrogen (secondary N) is 1. The molecular formula is C20H20FN3O3S. The maximum Gasteiger partial charge on any atom is 0.262 e. The molecule has 0 saturated heterocycles. The maximum atomic E-state index is 13.3. The number of para-hydroxylation sites is 1. The predicted molar refractivity (Wildman–Crippen MR) is 108 cm³/mol. The Kier molecular flexibility index (Phi) is 6.43. The van der Waals surface area contributed by atoms with Gasteiger partial charge in [0.05, 0.1) is 29.3 Å². The monoisotopic (exact) mass is 401 g/mol. The van der Waals surface area contributed by atoms with Crippen molar-refractivity contribution >= 4 is 34.3 Å². The number of hydrogen-bond acceptors (Lipinski definition) is 5. The summed E-state index contributed by atoms with van der Waals surface area (Å²) >= 11 is 1.17. The van der Waals surface area contributed by atoms with E-state index in [9.17, 15) is 14.0 Å². The number of benzene rings is 2. The number of nitrogens with zero attached hydrogens (tertiary/aromatic N) is 2. The molecule has 0 fully saturated rings. The number of methoxy groups -OCH3 is 1. The highest BCUT2D eigenvalue weighted by atomic mass is 32.2.